The van der Waals surface area contributed by atoms with Crippen molar-refractivity contribution in [1.29, 1.82) is 0 Å². The van der Waals surface area contributed by atoms with Crippen LogP contribution in [0.25, 0.3) is 34.0 Å². The van der Waals surface area contributed by atoms with Gasteiger partial charge in [0.1, 0.15) is 0 Å². The molecule has 0 aliphatic heterocycles. The molecule has 28 heavy (non-hydrogen) atoms. The van der Waals surface area contributed by atoms with Gasteiger partial charge in [-0.25, -0.2) is 9.67 Å². The van der Waals surface area contributed by atoms with Crippen molar-refractivity contribution in [2.75, 3.05) is 0 Å². The van der Waals surface area contributed by atoms with Gasteiger partial charge < -0.3 is 15.2 Å². The molecule has 9 heteroatoms. The van der Waals surface area contributed by atoms with Crippen LogP contribution in [0.4, 0.5) is 0 Å². The fourth-order valence-corrected chi connectivity index (χ4v) is 3.29. The second-order valence-corrected chi connectivity index (χ2v) is 7.38. The highest BCUT2D eigenvalue weighted by Crippen LogP contribution is 2.42. The first-order valence-electron chi connectivity index (χ1n) is 9.22. The number of rotatable bonds is 5. The number of hydrogen-bond donors (Lipinski definition) is 2. The molecule has 5 rings (SSSR count). The van der Waals surface area contributed by atoms with Gasteiger partial charge in [0.05, 0.1) is 28.4 Å². The molecule has 142 valence electrons. The third-order valence-electron chi connectivity index (χ3n) is 4.94. The summed E-state index contributed by atoms with van der Waals surface area (Å²) in [5, 5.41) is 9.43. The van der Waals surface area contributed by atoms with E-state index in [4.69, 9.17) is 15.2 Å². The van der Waals surface area contributed by atoms with Gasteiger partial charge in [-0.15, -0.1) is 0 Å². The Balaban J connectivity index is 1.62. The lowest BCUT2D eigenvalue weighted by Crippen LogP contribution is -2.09. The lowest BCUT2D eigenvalue weighted by molar-refractivity contribution is 0.100. The number of nitrogens with two attached hydrogens (primary N) is 1. The molecule has 0 aromatic carbocycles. The van der Waals surface area contributed by atoms with Crippen molar-refractivity contribution in [3.63, 3.8) is 0 Å². The van der Waals surface area contributed by atoms with Crippen molar-refractivity contribution in [3.8, 4) is 23.0 Å². The zero-order valence-electron chi connectivity index (χ0n) is 15.5. The molecule has 0 atom stereocenters. The maximum absolute atomic E-state index is 11.3. The van der Waals surface area contributed by atoms with Gasteiger partial charge in [0.15, 0.2) is 5.65 Å². The Morgan fingerprint density at radius 1 is 1.32 bits per heavy atom. The van der Waals surface area contributed by atoms with Gasteiger partial charge >= 0.3 is 0 Å². The first-order valence-corrected chi connectivity index (χ1v) is 9.22. The van der Waals surface area contributed by atoms with Gasteiger partial charge in [0.25, 0.3) is 5.89 Å². The quantitative estimate of drug-likeness (QED) is 0.550. The fraction of sp³-hybridized carbons (Fsp3) is 0.316. The van der Waals surface area contributed by atoms with Crippen molar-refractivity contribution in [1.82, 2.24) is 29.9 Å². The molecule has 1 fully saturated rings. The molecule has 0 bridgehead atoms. The van der Waals surface area contributed by atoms with Crippen LogP contribution >= 0.6 is 0 Å². The molecule has 0 radical (unpaired) electrons. The van der Waals surface area contributed by atoms with E-state index in [-0.39, 0.29) is 6.04 Å². The summed E-state index contributed by atoms with van der Waals surface area (Å²) in [5.41, 5.74) is 8.90. The fourth-order valence-electron chi connectivity index (χ4n) is 3.29. The number of aromatic amines is 1. The number of H-pyrrole nitrogens is 1. The number of nitrogens with one attached hydrogen (secondary N) is 1. The standard InChI is InChI=1S/C19H19N7O2/c1-9(2)26-18-13(8-22-26)12(6-14(23-18)10-3-4-10)19-24-17(25-28-19)15-5-11(7-21-15)16(20)27/h5-10,21H,3-4H2,1-2H3,(H2,20,27). The molecule has 3 N–H and O–H groups in total. The highest BCUT2D eigenvalue weighted by atomic mass is 16.5. The molecular weight excluding hydrogens is 358 g/mol. The van der Waals surface area contributed by atoms with Crippen LogP contribution in [0.5, 0.6) is 0 Å². The van der Waals surface area contributed by atoms with E-state index in [0.717, 1.165) is 35.1 Å². The topological polar surface area (TPSA) is 129 Å². The molecule has 0 spiro atoms. The summed E-state index contributed by atoms with van der Waals surface area (Å²) < 4.78 is 7.45. The van der Waals surface area contributed by atoms with E-state index in [1.54, 1.807) is 12.3 Å². The average molecular weight is 377 g/mol. The van der Waals surface area contributed by atoms with Crippen LogP contribution in [0.1, 0.15) is 54.7 Å². The summed E-state index contributed by atoms with van der Waals surface area (Å²) in [7, 11) is 0. The second kappa shape index (κ2) is 6.01. The average Bonchev–Trinajstić information content (AvgIpc) is 3.10. The van der Waals surface area contributed by atoms with Crippen molar-refractivity contribution in [3.05, 3.63) is 35.8 Å². The van der Waals surface area contributed by atoms with Crippen LogP contribution < -0.4 is 5.73 Å². The Hall–Kier alpha value is -3.49. The number of fused-ring (bicyclic) bond motifs is 1. The highest BCUT2D eigenvalue weighted by Gasteiger charge is 2.28. The summed E-state index contributed by atoms with van der Waals surface area (Å²) in [4.78, 5) is 23.6. The minimum atomic E-state index is -0.516. The minimum Gasteiger partial charge on any atom is -0.366 e. The monoisotopic (exact) mass is 377 g/mol. The normalized spacial score (nSPS) is 14.2. The number of aromatic nitrogens is 6. The molecule has 1 amide bonds. The maximum atomic E-state index is 11.3. The first-order chi connectivity index (χ1) is 13.5. The molecule has 0 unspecified atom stereocenters. The lowest BCUT2D eigenvalue weighted by atomic mass is 10.1. The molecule has 0 saturated heterocycles. The first kappa shape index (κ1) is 16.7. The van der Waals surface area contributed by atoms with E-state index in [2.05, 4.69) is 34.1 Å². The number of nitrogens with zero attached hydrogens (tertiary/aromatic N) is 5. The molecule has 4 aromatic rings. The number of hydrogen-bond acceptors (Lipinski definition) is 6. The second-order valence-electron chi connectivity index (χ2n) is 7.38. The zero-order valence-corrected chi connectivity index (χ0v) is 15.5. The molecule has 9 nitrogen and oxygen atoms in total. The molecule has 1 aliphatic carbocycles. The zero-order chi connectivity index (χ0) is 19.4. The summed E-state index contributed by atoms with van der Waals surface area (Å²) in [6.45, 7) is 4.15. The van der Waals surface area contributed by atoms with E-state index in [1.807, 2.05) is 10.7 Å². The van der Waals surface area contributed by atoms with Crippen LogP contribution in [-0.2, 0) is 0 Å². The SMILES string of the molecule is CC(C)n1ncc2c(-c3nc(-c4cc(C(N)=O)c[nH]4)no3)cc(C3CC3)nc21. The summed E-state index contributed by atoms with van der Waals surface area (Å²) in [6, 6.07) is 3.82. The van der Waals surface area contributed by atoms with E-state index < -0.39 is 5.91 Å². The number of primary amides is 1. The summed E-state index contributed by atoms with van der Waals surface area (Å²) in [6.07, 6.45) is 5.59. The van der Waals surface area contributed by atoms with Crippen LogP contribution in [0.3, 0.4) is 0 Å². The molecule has 1 saturated carbocycles. The largest absolute Gasteiger partial charge is 0.366 e. The molecular formula is C19H19N7O2. The summed E-state index contributed by atoms with van der Waals surface area (Å²) >= 11 is 0. The number of pyridine rings is 1. The predicted octanol–water partition coefficient (Wildman–Crippen LogP) is 3.03. The Labute approximate surface area is 159 Å². The van der Waals surface area contributed by atoms with Crippen LogP contribution in [-0.4, -0.2) is 35.8 Å². The van der Waals surface area contributed by atoms with Gasteiger partial charge in [0.2, 0.25) is 11.7 Å². The van der Waals surface area contributed by atoms with Crippen LogP contribution in [0.2, 0.25) is 0 Å². The van der Waals surface area contributed by atoms with Crippen LogP contribution in [0.15, 0.2) is 29.0 Å². The Morgan fingerprint density at radius 3 is 2.82 bits per heavy atom. The summed E-state index contributed by atoms with van der Waals surface area (Å²) in [5.74, 6) is 0.708. The smallest absolute Gasteiger partial charge is 0.259 e. The lowest BCUT2D eigenvalue weighted by Gasteiger charge is -2.08. The van der Waals surface area contributed by atoms with E-state index >= 15 is 0 Å². The number of amides is 1. The Bertz CT molecular complexity index is 1200. The molecule has 1 aliphatic rings. The third-order valence-corrected chi connectivity index (χ3v) is 4.94. The number of carbonyl (C=O) groups excluding carboxylic acids is 1. The van der Waals surface area contributed by atoms with Gasteiger partial charge in [-0.2, -0.15) is 10.1 Å². The minimum absolute atomic E-state index is 0.191. The Morgan fingerprint density at radius 2 is 2.14 bits per heavy atom. The van der Waals surface area contributed by atoms with Gasteiger partial charge in [-0.3, -0.25) is 4.79 Å². The van der Waals surface area contributed by atoms with E-state index in [0.29, 0.717) is 28.9 Å². The third kappa shape index (κ3) is 2.67. The van der Waals surface area contributed by atoms with Gasteiger partial charge in [0, 0.05) is 23.9 Å². The molecule has 4 heterocycles. The van der Waals surface area contributed by atoms with E-state index in [9.17, 15) is 4.79 Å². The van der Waals surface area contributed by atoms with Crippen molar-refractivity contribution in [2.45, 2.75) is 38.6 Å². The predicted molar refractivity (Wildman–Crippen MR) is 101 cm³/mol. The van der Waals surface area contributed by atoms with Crippen molar-refractivity contribution < 1.29 is 9.32 Å². The van der Waals surface area contributed by atoms with Crippen molar-refractivity contribution in [2.24, 2.45) is 5.73 Å². The van der Waals surface area contributed by atoms with Gasteiger partial charge in [-0.05, 0) is 38.8 Å². The Kier molecular flexibility index (Phi) is 3.58. The van der Waals surface area contributed by atoms with E-state index in [1.165, 1.54) is 6.20 Å². The van der Waals surface area contributed by atoms with Crippen LogP contribution in [0, 0.1) is 0 Å². The van der Waals surface area contributed by atoms with Crippen molar-refractivity contribution >= 4 is 16.9 Å². The number of carbonyl (C=O) groups is 1. The maximum Gasteiger partial charge on any atom is 0.259 e. The highest BCUT2D eigenvalue weighted by molar-refractivity contribution is 5.94. The van der Waals surface area contributed by atoms with Gasteiger partial charge in [-0.1, -0.05) is 5.16 Å². The molecule has 4 aromatic heterocycles.